The number of rotatable bonds is 14. The molecular weight excluding hydrogens is 588 g/mol. The number of halogens is 4. The van der Waals surface area contributed by atoms with E-state index in [-0.39, 0.29) is 36.9 Å². The topological polar surface area (TPSA) is 130 Å². The average molecular weight is 621 g/mol. The first kappa shape index (κ1) is 32.4. The van der Waals surface area contributed by atoms with Crippen LogP contribution in [0.25, 0.3) is 11.3 Å². The number of aromatic nitrogens is 2. The molecule has 3 aromatic rings. The summed E-state index contributed by atoms with van der Waals surface area (Å²) in [4.78, 5) is 34.0. The minimum absolute atomic E-state index is 0.0819. The second-order valence-corrected chi connectivity index (χ2v) is 9.82. The molecule has 4 rings (SSSR count). The van der Waals surface area contributed by atoms with Gasteiger partial charge < -0.3 is 29.8 Å². The molecule has 0 saturated carbocycles. The Morgan fingerprint density at radius 2 is 1.95 bits per heavy atom. The Bertz CT molecular complexity index is 1530. The number of hydrogen-bond acceptors (Lipinski definition) is 8. The zero-order chi connectivity index (χ0) is 31.8. The standard InChI is InChI=1S/C29H32F4N6O5/c1-3-17-14-18(4-5-19(17)28(42)35-9-12-43-13-11-38(2)16-23(40)41)37-26-27-36-15-21(39(27)10-8-34-26)20-6-7-22(44-29(32)33)25(31)24(20)30/h4-7,14-15,29H,3,8-13,16H2,1-2H3,(H,34,37)(H,35,42)(H,40,41). The molecule has 15 heteroatoms. The maximum absolute atomic E-state index is 14.8. The Balaban J connectivity index is 1.39. The van der Waals surface area contributed by atoms with Crippen molar-refractivity contribution in [1.82, 2.24) is 19.8 Å². The lowest BCUT2D eigenvalue weighted by atomic mass is 10.0. The molecule has 1 aliphatic rings. The number of hydrogen-bond donors (Lipinski definition) is 3. The first-order valence-corrected chi connectivity index (χ1v) is 13.8. The van der Waals surface area contributed by atoms with Crippen molar-refractivity contribution in [3.8, 4) is 17.0 Å². The predicted octanol–water partition coefficient (Wildman–Crippen LogP) is 3.63. The molecule has 2 aromatic carbocycles. The minimum Gasteiger partial charge on any atom is -0.480 e. The van der Waals surface area contributed by atoms with Gasteiger partial charge in [-0.1, -0.05) is 6.92 Å². The number of aliphatic carboxylic acids is 1. The van der Waals surface area contributed by atoms with Crippen molar-refractivity contribution in [2.75, 3.05) is 51.8 Å². The van der Waals surface area contributed by atoms with E-state index in [0.29, 0.717) is 55.6 Å². The molecule has 2 heterocycles. The molecule has 1 amide bonds. The zero-order valence-corrected chi connectivity index (χ0v) is 24.1. The summed E-state index contributed by atoms with van der Waals surface area (Å²) >= 11 is 0. The maximum Gasteiger partial charge on any atom is 0.387 e. The number of aryl methyl sites for hydroxylation is 1. The second kappa shape index (κ2) is 14.8. The van der Waals surface area contributed by atoms with E-state index in [4.69, 9.17) is 9.84 Å². The van der Waals surface area contributed by atoms with Gasteiger partial charge >= 0.3 is 12.6 Å². The number of imidazole rings is 1. The van der Waals surface area contributed by atoms with E-state index in [0.717, 1.165) is 17.7 Å². The van der Waals surface area contributed by atoms with Gasteiger partial charge in [0.05, 0.1) is 38.2 Å². The van der Waals surface area contributed by atoms with Gasteiger partial charge in [-0.3, -0.25) is 19.5 Å². The molecule has 0 fully saturated rings. The third-order valence-corrected chi connectivity index (χ3v) is 6.75. The number of anilines is 1. The van der Waals surface area contributed by atoms with E-state index < -0.39 is 30.0 Å². The van der Waals surface area contributed by atoms with Crippen LogP contribution in [0.5, 0.6) is 5.75 Å². The molecule has 1 aliphatic heterocycles. The SMILES string of the molecule is CCc1cc(NC2=NCCn3c(-c4ccc(OC(F)F)c(F)c4F)cnc32)ccc1C(=O)NCCOCCN(C)CC(=O)O. The summed E-state index contributed by atoms with van der Waals surface area (Å²) in [6.45, 7) is 0.502. The van der Waals surface area contributed by atoms with Gasteiger partial charge in [-0.05, 0) is 49.4 Å². The lowest BCUT2D eigenvalue weighted by molar-refractivity contribution is -0.138. The Morgan fingerprint density at radius 1 is 1.16 bits per heavy atom. The Labute approximate surface area is 250 Å². The largest absolute Gasteiger partial charge is 0.480 e. The zero-order valence-electron chi connectivity index (χ0n) is 24.1. The van der Waals surface area contributed by atoms with E-state index in [1.807, 2.05) is 13.0 Å². The molecule has 0 spiro atoms. The summed E-state index contributed by atoms with van der Waals surface area (Å²) in [6.07, 6.45) is 1.92. The smallest absolute Gasteiger partial charge is 0.387 e. The summed E-state index contributed by atoms with van der Waals surface area (Å²) in [5.41, 5.74) is 1.98. The quantitative estimate of drug-likeness (QED) is 0.184. The van der Waals surface area contributed by atoms with Crippen molar-refractivity contribution in [1.29, 1.82) is 0 Å². The minimum atomic E-state index is -3.30. The Hall–Kier alpha value is -4.50. The van der Waals surface area contributed by atoms with Crippen LogP contribution in [-0.4, -0.2) is 90.3 Å². The van der Waals surface area contributed by atoms with Crippen molar-refractivity contribution >= 4 is 23.4 Å². The second-order valence-electron chi connectivity index (χ2n) is 9.82. The van der Waals surface area contributed by atoms with Gasteiger partial charge in [0.15, 0.2) is 23.2 Å². The molecule has 0 saturated heterocycles. The fourth-order valence-electron chi connectivity index (χ4n) is 4.64. The van der Waals surface area contributed by atoms with Gasteiger partial charge in [0, 0.05) is 36.4 Å². The molecule has 0 radical (unpaired) electrons. The molecular formula is C29H32F4N6O5. The molecule has 236 valence electrons. The monoisotopic (exact) mass is 620 g/mol. The number of amidine groups is 1. The number of carboxylic acids is 1. The summed E-state index contributed by atoms with van der Waals surface area (Å²) in [5, 5.41) is 14.8. The normalized spacial score (nSPS) is 12.7. The van der Waals surface area contributed by atoms with Crippen molar-refractivity contribution < 1.29 is 41.7 Å². The highest BCUT2D eigenvalue weighted by Gasteiger charge is 2.25. The van der Waals surface area contributed by atoms with Crippen LogP contribution in [0, 0.1) is 11.6 Å². The lowest BCUT2D eigenvalue weighted by Crippen LogP contribution is -2.31. The number of nitrogens with zero attached hydrogens (tertiary/aromatic N) is 4. The van der Waals surface area contributed by atoms with Crippen molar-refractivity contribution in [2.24, 2.45) is 4.99 Å². The van der Waals surface area contributed by atoms with E-state index in [1.54, 1.807) is 28.6 Å². The van der Waals surface area contributed by atoms with Crippen LogP contribution in [0.1, 0.15) is 28.7 Å². The van der Waals surface area contributed by atoms with Crippen LogP contribution < -0.4 is 15.4 Å². The Morgan fingerprint density at radius 3 is 2.68 bits per heavy atom. The van der Waals surface area contributed by atoms with Crippen molar-refractivity contribution in [3.05, 3.63) is 65.1 Å². The summed E-state index contributed by atoms with van der Waals surface area (Å²) in [5.74, 6) is -4.18. The van der Waals surface area contributed by atoms with Gasteiger partial charge in [0.25, 0.3) is 5.91 Å². The molecule has 0 unspecified atom stereocenters. The highest BCUT2D eigenvalue weighted by atomic mass is 19.3. The molecule has 0 atom stereocenters. The fraction of sp³-hybridized carbons (Fsp3) is 0.379. The summed E-state index contributed by atoms with van der Waals surface area (Å²) in [7, 11) is 1.68. The maximum atomic E-state index is 14.8. The predicted molar refractivity (Wildman–Crippen MR) is 153 cm³/mol. The van der Waals surface area contributed by atoms with Crippen LogP contribution in [0.15, 0.2) is 41.5 Å². The van der Waals surface area contributed by atoms with Crippen LogP contribution >= 0.6 is 0 Å². The van der Waals surface area contributed by atoms with E-state index in [9.17, 15) is 27.2 Å². The van der Waals surface area contributed by atoms with E-state index >= 15 is 0 Å². The molecule has 0 bridgehead atoms. The van der Waals surface area contributed by atoms with Crippen molar-refractivity contribution in [2.45, 2.75) is 26.5 Å². The van der Waals surface area contributed by atoms with Gasteiger partial charge in [-0.25, -0.2) is 9.37 Å². The number of fused-ring (bicyclic) bond motifs is 1. The number of amides is 1. The number of aliphatic imine (C=N–C) groups is 1. The van der Waals surface area contributed by atoms with Crippen LogP contribution in [-0.2, 0) is 22.5 Å². The van der Waals surface area contributed by atoms with Crippen LogP contribution in [0.4, 0.5) is 23.2 Å². The Kier molecular flexibility index (Phi) is 10.9. The van der Waals surface area contributed by atoms with E-state index in [1.165, 1.54) is 6.20 Å². The summed E-state index contributed by atoms with van der Waals surface area (Å²) in [6, 6.07) is 7.30. The molecule has 0 aliphatic carbocycles. The number of carboxylic acid groups (broad SMARTS) is 1. The molecule has 3 N–H and O–H groups in total. The third-order valence-electron chi connectivity index (χ3n) is 6.75. The van der Waals surface area contributed by atoms with Crippen LogP contribution in [0.2, 0.25) is 0 Å². The molecule has 1 aromatic heterocycles. The first-order chi connectivity index (χ1) is 21.1. The van der Waals surface area contributed by atoms with Gasteiger partial charge in [-0.15, -0.1) is 0 Å². The average Bonchev–Trinajstić information content (AvgIpc) is 3.41. The third kappa shape index (κ3) is 7.90. The van der Waals surface area contributed by atoms with Gasteiger partial charge in [0.1, 0.15) is 0 Å². The van der Waals surface area contributed by atoms with Gasteiger partial charge in [0.2, 0.25) is 5.82 Å². The fourth-order valence-corrected chi connectivity index (χ4v) is 4.64. The highest BCUT2D eigenvalue weighted by Crippen LogP contribution is 2.32. The highest BCUT2D eigenvalue weighted by molar-refractivity contribution is 6.07. The number of ether oxygens (including phenoxy) is 2. The lowest BCUT2D eigenvalue weighted by Gasteiger charge is -2.19. The number of carbonyl (C=O) groups excluding carboxylic acids is 1. The molecule has 44 heavy (non-hydrogen) atoms. The van der Waals surface area contributed by atoms with Crippen molar-refractivity contribution in [3.63, 3.8) is 0 Å². The van der Waals surface area contributed by atoms with Gasteiger partial charge in [-0.2, -0.15) is 13.2 Å². The number of benzene rings is 2. The number of alkyl halides is 2. The van der Waals surface area contributed by atoms with E-state index in [2.05, 4.69) is 25.3 Å². The summed E-state index contributed by atoms with van der Waals surface area (Å²) < 4.78 is 65.4. The first-order valence-electron chi connectivity index (χ1n) is 13.8. The number of likely N-dealkylation sites (N-methyl/N-ethyl adjacent to an activating group) is 1. The number of carbonyl (C=O) groups is 2. The number of nitrogens with one attached hydrogen (secondary N) is 2. The van der Waals surface area contributed by atoms with Crippen LogP contribution in [0.3, 0.4) is 0 Å². The molecule has 11 nitrogen and oxygen atoms in total.